The van der Waals surface area contributed by atoms with E-state index in [1.807, 2.05) is 12.3 Å². The molecule has 0 aromatic carbocycles. The fourth-order valence-corrected chi connectivity index (χ4v) is 1.88. The molecule has 0 atom stereocenters. The zero-order valence-electron chi connectivity index (χ0n) is 7.72. The molecular formula is C10H13N3. The highest BCUT2D eigenvalue weighted by Crippen LogP contribution is 2.43. The molecule has 13 heavy (non-hydrogen) atoms. The van der Waals surface area contributed by atoms with Crippen LogP contribution >= 0.6 is 0 Å². The SMILES string of the molecule is Cc1ccnc2c1NCC1(CC1)N2. The molecular weight excluding hydrogens is 162 g/mol. The van der Waals surface area contributed by atoms with Gasteiger partial charge in [0.05, 0.1) is 11.2 Å². The monoisotopic (exact) mass is 175 g/mol. The lowest BCUT2D eigenvalue weighted by atomic mass is 10.1. The summed E-state index contributed by atoms with van der Waals surface area (Å²) in [5.41, 5.74) is 2.79. The lowest BCUT2D eigenvalue weighted by Crippen LogP contribution is -2.35. The summed E-state index contributed by atoms with van der Waals surface area (Å²) in [6.45, 7) is 3.16. The van der Waals surface area contributed by atoms with Gasteiger partial charge in [-0.15, -0.1) is 0 Å². The maximum absolute atomic E-state index is 4.34. The molecule has 2 heterocycles. The minimum atomic E-state index is 0.341. The van der Waals surface area contributed by atoms with Gasteiger partial charge in [-0.2, -0.15) is 0 Å². The number of nitrogens with one attached hydrogen (secondary N) is 2. The minimum absolute atomic E-state index is 0.341. The number of hydrogen-bond donors (Lipinski definition) is 2. The van der Waals surface area contributed by atoms with Crippen molar-refractivity contribution < 1.29 is 0 Å². The van der Waals surface area contributed by atoms with Crippen molar-refractivity contribution in [2.24, 2.45) is 0 Å². The summed E-state index contributed by atoms with van der Waals surface area (Å²) >= 11 is 0. The standard InChI is InChI=1S/C10H13N3/c1-7-2-5-11-9-8(7)12-6-10(13-9)3-4-10/h2,5,12H,3-4,6H2,1H3,(H,11,13). The number of aromatic nitrogens is 1. The van der Waals surface area contributed by atoms with E-state index in [0.717, 1.165) is 12.4 Å². The molecule has 0 unspecified atom stereocenters. The van der Waals surface area contributed by atoms with Gasteiger partial charge in [0.15, 0.2) is 0 Å². The van der Waals surface area contributed by atoms with Crippen molar-refractivity contribution in [3.63, 3.8) is 0 Å². The van der Waals surface area contributed by atoms with Crippen molar-refractivity contribution in [2.45, 2.75) is 25.3 Å². The first-order chi connectivity index (χ1) is 6.29. The number of aryl methyl sites for hydroxylation is 1. The molecule has 1 spiro atoms. The van der Waals surface area contributed by atoms with E-state index in [-0.39, 0.29) is 0 Å². The molecule has 0 saturated heterocycles. The highest BCUT2D eigenvalue weighted by atomic mass is 15.2. The van der Waals surface area contributed by atoms with Crippen LogP contribution < -0.4 is 10.6 Å². The maximum atomic E-state index is 4.34. The molecule has 1 aliphatic heterocycles. The lowest BCUT2D eigenvalue weighted by Gasteiger charge is -2.28. The quantitative estimate of drug-likeness (QED) is 0.631. The van der Waals surface area contributed by atoms with Gasteiger partial charge in [0, 0.05) is 12.7 Å². The third-order valence-electron chi connectivity index (χ3n) is 3.00. The van der Waals surface area contributed by atoms with Gasteiger partial charge in [-0.25, -0.2) is 4.98 Å². The second-order valence-electron chi connectivity index (χ2n) is 4.11. The smallest absolute Gasteiger partial charge is 0.150 e. The number of fused-ring (bicyclic) bond motifs is 1. The van der Waals surface area contributed by atoms with E-state index in [4.69, 9.17) is 0 Å². The summed E-state index contributed by atoms with van der Waals surface area (Å²) in [5.74, 6) is 1.03. The molecule has 0 radical (unpaired) electrons. The van der Waals surface area contributed by atoms with Crippen LogP contribution in [0.5, 0.6) is 0 Å². The molecule has 0 amide bonds. The van der Waals surface area contributed by atoms with Gasteiger partial charge < -0.3 is 10.6 Å². The largest absolute Gasteiger partial charge is 0.379 e. The molecule has 3 heteroatoms. The number of anilines is 2. The molecule has 2 N–H and O–H groups in total. The number of hydrogen-bond acceptors (Lipinski definition) is 3. The van der Waals surface area contributed by atoms with E-state index in [9.17, 15) is 0 Å². The summed E-state index contributed by atoms with van der Waals surface area (Å²) in [5, 5.41) is 6.97. The van der Waals surface area contributed by atoms with Crippen LogP contribution in [0.1, 0.15) is 18.4 Å². The van der Waals surface area contributed by atoms with E-state index >= 15 is 0 Å². The fourth-order valence-electron chi connectivity index (χ4n) is 1.88. The van der Waals surface area contributed by atoms with E-state index in [1.54, 1.807) is 0 Å². The van der Waals surface area contributed by atoms with E-state index in [0.29, 0.717) is 5.54 Å². The Hall–Kier alpha value is -1.25. The van der Waals surface area contributed by atoms with Gasteiger partial charge in [0.1, 0.15) is 5.82 Å². The molecule has 0 bridgehead atoms. The molecule has 3 nitrogen and oxygen atoms in total. The van der Waals surface area contributed by atoms with Crippen LogP contribution in [0.15, 0.2) is 12.3 Å². The second kappa shape index (κ2) is 2.16. The Bertz CT molecular complexity index is 355. The molecule has 1 aromatic heterocycles. The lowest BCUT2D eigenvalue weighted by molar-refractivity contribution is 0.746. The predicted molar refractivity (Wildman–Crippen MR) is 53.1 cm³/mol. The molecule has 1 fully saturated rings. The van der Waals surface area contributed by atoms with Crippen molar-refractivity contribution in [2.75, 3.05) is 17.2 Å². The summed E-state index contributed by atoms with van der Waals surface area (Å²) < 4.78 is 0. The van der Waals surface area contributed by atoms with Crippen LogP contribution in [0.25, 0.3) is 0 Å². The zero-order valence-corrected chi connectivity index (χ0v) is 7.72. The summed E-state index contributed by atoms with van der Waals surface area (Å²) in [4.78, 5) is 4.34. The average molecular weight is 175 g/mol. The number of pyridine rings is 1. The van der Waals surface area contributed by atoms with Gasteiger partial charge in [-0.1, -0.05) is 0 Å². The van der Waals surface area contributed by atoms with Crippen molar-refractivity contribution in [1.29, 1.82) is 0 Å². The van der Waals surface area contributed by atoms with Gasteiger partial charge in [-0.05, 0) is 31.4 Å². The van der Waals surface area contributed by atoms with Crippen LogP contribution in [-0.4, -0.2) is 17.1 Å². The second-order valence-corrected chi connectivity index (χ2v) is 4.11. The molecule has 3 rings (SSSR count). The third-order valence-corrected chi connectivity index (χ3v) is 3.00. The van der Waals surface area contributed by atoms with Crippen LogP contribution in [0.2, 0.25) is 0 Å². The Kier molecular flexibility index (Phi) is 1.19. The predicted octanol–water partition coefficient (Wildman–Crippen LogP) is 1.76. The third kappa shape index (κ3) is 0.996. The van der Waals surface area contributed by atoms with Gasteiger partial charge >= 0.3 is 0 Å². The molecule has 1 aliphatic carbocycles. The first-order valence-electron chi connectivity index (χ1n) is 4.77. The van der Waals surface area contributed by atoms with Crippen molar-refractivity contribution in [3.05, 3.63) is 17.8 Å². The summed E-state index contributed by atoms with van der Waals surface area (Å²) in [6, 6.07) is 2.04. The van der Waals surface area contributed by atoms with Crippen LogP contribution in [0, 0.1) is 6.92 Å². The van der Waals surface area contributed by atoms with Gasteiger partial charge in [0.2, 0.25) is 0 Å². The van der Waals surface area contributed by atoms with Gasteiger partial charge in [0.25, 0.3) is 0 Å². The minimum Gasteiger partial charge on any atom is -0.379 e. The molecule has 68 valence electrons. The van der Waals surface area contributed by atoms with Crippen LogP contribution in [0.4, 0.5) is 11.5 Å². The average Bonchev–Trinajstić information content (AvgIpc) is 2.85. The van der Waals surface area contributed by atoms with Crippen molar-refractivity contribution in [3.8, 4) is 0 Å². The van der Waals surface area contributed by atoms with Crippen molar-refractivity contribution in [1.82, 2.24) is 4.98 Å². The topological polar surface area (TPSA) is 37.0 Å². The Morgan fingerprint density at radius 1 is 1.46 bits per heavy atom. The van der Waals surface area contributed by atoms with E-state index in [1.165, 1.54) is 24.1 Å². The van der Waals surface area contributed by atoms with Crippen molar-refractivity contribution >= 4 is 11.5 Å². The Morgan fingerprint density at radius 2 is 2.31 bits per heavy atom. The number of rotatable bonds is 0. The van der Waals surface area contributed by atoms with E-state index < -0.39 is 0 Å². The number of nitrogens with zero attached hydrogens (tertiary/aromatic N) is 1. The molecule has 1 aromatic rings. The maximum Gasteiger partial charge on any atom is 0.150 e. The highest BCUT2D eigenvalue weighted by molar-refractivity contribution is 5.72. The highest BCUT2D eigenvalue weighted by Gasteiger charge is 2.45. The Balaban J connectivity index is 2.05. The summed E-state index contributed by atoms with van der Waals surface area (Å²) in [6.07, 6.45) is 4.41. The first kappa shape index (κ1) is 7.18. The van der Waals surface area contributed by atoms with E-state index in [2.05, 4.69) is 22.5 Å². The first-order valence-corrected chi connectivity index (χ1v) is 4.77. The fraction of sp³-hybridized carbons (Fsp3) is 0.500. The zero-order chi connectivity index (χ0) is 8.89. The van der Waals surface area contributed by atoms with Crippen LogP contribution in [0.3, 0.4) is 0 Å². The molecule has 1 saturated carbocycles. The Morgan fingerprint density at radius 3 is 3.08 bits per heavy atom. The molecule has 2 aliphatic rings. The van der Waals surface area contributed by atoms with Gasteiger partial charge in [-0.3, -0.25) is 0 Å². The van der Waals surface area contributed by atoms with Crippen LogP contribution in [-0.2, 0) is 0 Å². The normalized spacial score (nSPS) is 21.6. The summed E-state index contributed by atoms with van der Waals surface area (Å²) in [7, 11) is 0. The Labute approximate surface area is 77.6 Å².